The molecule has 0 unspecified atom stereocenters. The van der Waals surface area contributed by atoms with Crippen molar-refractivity contribution < 1.29 is 23.8 Å². The molecule has 2 aliphatic heterocycles. The average molecular weight is 414 g/mol. The van der Waals surface area contributed by atoms with Crippen LogP contribution in [-0.2, 0) is 11.3 Å². The second-order valence-corrected chi connectivity index (χ2v) is 7.82. The van der Waals surface area contributed by atoms with Gasteiger partial charge in [0.15, 0.2) is 11.5 Å². The minimum atomic E-state index is -0.546. The molecular formula is C21H22N2O5S. The fourth-order valence-corrected chi connectivity index (χ4v) is 5.30. The third-order valence-electron chi connectivity index (χ3n) is 5.24. The Labute approximate surface area is 173 Å². The van der Waals surface area contributed by atoms with E-state index < -0.39 is 6.04 Å². The number of para-hydroxylation sites is 1. The van der Waals surface area contributed by atoms with E-state index in [4.69, 9.17) is 14.2 Å². The predicted octanol–water partition coefficient (Wildman–Crippen LogP) is 2.60. The van der Waals surface area contributed by atoms with Crippen LogP contribution in [0.25, 0.3) is 0 Å². The summed E-state index contributed by atoms with van der Waals surface area (Å²) < 4.78 is 16.1. The number of nitrogens with one attached hydrogen (secondary N) is 1. The van der Waals surface area contributed by atoms with Gasteiger partial charge in [-0.1, -0.05) is 24.3 Å². The van der Waals surface area contributed by atoms with Gasteiger partial charge in [-0.2, -0.15) is 0 Å². The van der Waals surface area contributed by atoms with E-state index in [1.54, 1.807) is 29.8 Å². The van der Waals surface area contributed by atoms with Gasteiger partial charge in [-0.3, -0.25) is 9.59 Å². The van der Waals surface area contributed by atoms with Gasteiger partial charge >= 0.3 is 0 Å². The molecule has 2 atom stereocenters. The Morgan fingerprint density at radius 1 is 1.10 bits per heavy atom. The topological polar surface area (TPSA) is 77.1 Å². The van der Waals surface area contributed by atoms with Gasteiger partial charge < -0.3 is 24.4 Å². The molecule has 8 heteroatoms. The molecule has 2 amide bonds. The molecule has 0 saturated carbocycles. The summed E-state index contributed by atoms with van der Waals surface area (Å²) in [6.45, 7) is 0.334. The molecule has 2 heterocycles. The quantitative estimate of drug-likeness (QED) is 0.783. The van der Waals surface area contributed by atoms with E-state index in [0.717, 1.165) is 11.1 Å². The number of benzene rings is 2. The first kappa shape index (κ1) is 19.4. The van der Waals surface area contributed by atoms with Crippen LogP contribution in [0.3, 0.4) is 0 Å². The Bertz CT molecular complexity index is 964. The summed E-state index contributed by atoms with van der Waals surface area (Å²) in [5, 5.41) is 2.75. The lowest BCUT2D eigenvalue weighted by molar-refractivity contribution is -0.124. The molecule has 0 aliphatic carbocycles. The lowest BCUT2D eigenvalue weighted by Gasteiger charge is -2.22. The number of carbonyl (C=O) groups excluding carboxylic acids is 2. The molecule has 1 saturated heterocycles. The number of rotatable bonds is 6. The first-order valence-corrected chi connectivity index (χ1v) is 10.2. The van der Waals surface area contributed by atoms with Crippen molar-refractivity contribution in [1.82, 2.24) is 10.2 Å². The van der Waals surface area contributed by atoms with Crippen molar-refractivity contribution in [3.63, 3.8) is 0 Å². The van der Waals surface area contributed by atoms with Crippen molar-refractivity contribution in [2.24, 2.45) is 0 Å². The Morgan fingerprint density at radius 2 is 1.86 bits per heavy atom. The maximum atomic E-state index is 13.2. The summed E-state index contributed by atoms with van der Waals surface area (Å²) in [7, 11) is 4.65. The van der Waals surface area contributed by atoms with E-state index in [-0.39, 0.29) is 17.2 Å². The van der Waals surface area contributed by atoms with E-state index in [1.807, 2.05) is 30.3 Å². The molecule has 0 aromatic heterocycles. The monoisotopic (exact) mass is 414 g/mol. The first-order valence-electron chi connectivity index (χ1n) is 9.19. The fraction of sp³-hybridized carbons (Fsp3) is 0.333. The van der Waals surface area contributed by atoms with Crippen LogP contribution in [0.2, 0.25) is 0 Å². The molecule has 1 N–H and O–H groups in total. The highest BCUT2D eigenvalue weighted by molar-refractivity contribution is 7.99. The lowest BCUT2D eigenvalue weighted by atomic mass is 10.1. The van der Waals surface area contributed by atoms with E-state index >= 15 is 0 Å². The van der Waals surface area contributed by atoms with E-state index in [0.29, 0.717) is 35.1 Å². The van der Waals surface area contributed by atoms with Crippen LogP contribution in [0.1, 0.15) is 26.9 Å². The van der Waals surface area contributed by atoms with Crippen LogP contribution in [0.15, 0.2) is 36.4 Å². The molecule has 152 valence electrons. The standard InChI is InChI=1S/C21H22N2O5S/c1-26-15-7-5-4-6-12(15)10-22-19(24)14-11-29-21-13-8-9-16(27-2)18(28-3)17(13)20(25)23(14)21/h4-9,14,21H,10-11H2,1-3H3,(H,22,24)/t14-,21+/m0/s1. The zero-order valence-corrected chi connectivity index (χ0v) is 17.2. The van der Waals surface area contributed by atoms with Crippen molar-refractivity contribution in [2.45, 2.75) is 18.0 Å². The maximum Gasteiger partial charge on any atom is 0.260 e. The second kappa shape index (κ2) is 7.87. The molecule has 0 radical (unpaired) electrons. The molecule has 0 spiro atoms. The number of amides is 2. The van der Waals surface area contributed by atoms with Crippen molar-refractivity contribution in [3.05, 3.63) is 53.1 Å². The van der Waals surface area contributed by atoms with Crippen LogP contribution < -0.4 is 19.5 Å². The van der Waals surface area contributed by atoms with Gasteiger partial charge in [-0.25, -0.2) is 0 Å². The minimum Gasteiger partial charge on any atom is -0.496 e. The summed E-state index contributed by atoms with van der Waals surface area (Å²) in [5.41, 5.74) is 2.22. The predicted molar refractivity (Wildman–Crippen MR) is 110 cm³/mol. The minimum absolute atomic E-state index is 0.182. The number of carbonyl (C=O) groups is 2. The van der Waals surface area contributed by atoms with Gasteiger partial charge in [-0.05, 0) is 12.1 Å². The number of ether oxygens (including phenoxy) is 3. The number of methoxy groups -OCH3 is 3. The number of fused-ring (bicyclic) bond motifs is 3. The summed E-state index contributed by atoms with van der Waals surface area (Å²) in [6.07, 6.45) is 0. The number of hydrogen-bond donors (Lipinski definition) is 1. The van der Waals surface area contributed by atoms with Crippen LogP contribution in [0, 0.1) is 0 Å². The van der Waals surface area contributed by atoms with Gasteiger partial charge in [0.05, 0.1) is 26.9 Å². The van der Waals surface area contributed by atoms with Crippen LogP contribution in [-0.4, -0.2) is 49.8 Å². The lowest BCUT2D eigenvalue weighted by Crippen LogP contribution is -2.45. The van der Waals surface area contributed by atoms with Crippen molar-refractivity contribution in [2.75, 3.05) is 27.1 Å². The first-order chi connectivity index (χ1) is 14.1. The van der Waals surface area contributed by atoms with Crippen molar-refractivity contribution in [1.29, 1.82) is 0 Å². The van der Waals surface area contributed by atoms with Gasteiger partial charge in [-0.15, -0.1) is 11.8 Å². The highest BCUT2D eigenvalue weighted by Gasteiger charge is 2.50. The van der Waals surface area contributed by atoms with Gasteiger partial charge in [0.25, 0.3) is 5.91 Å². The third kappa shape index (κ3) is 3.17. The van der Waals surface area contributed by atoms with Gasteiger partial charge in [0.2, 0.25) is 5.91 Å². The molecule has 7 nitrogen and oxygen atoms in total. The summed E-state index contributed by atoms with van der Waals surface area (Å²) in [5.74, 6) is 1.79. The van der Waals surface area contributed by atoms with Crippen molar-refractivity contribution in [3.8, 4) is 17.2 Å². The highest BCUT2D eigenvalue weighted by Crippen LogP contribution is 2.52. The molecule has 1 fully saturated rings. The molecule has 0 bridgehead atoms. The Morgan fingerprint density at radius 3 is 2.59 bits per heavy atom. The molecule has 29 heavy (non-hydrogen) atoms. The summed E-state index contributed by atoms with van der Waals surface area (Å²) in [4.78, 5) is 27.8. The molecule has 2 aromatic carbocycles. The third-order valence-corrected chi connectivity index (χ3v) is 6.55. The van der Waals surface area contributed by atoms with Crippen LogP contribution in [0.4, 0.5) is 0 Å². The molecule has 2 aliphatic rings. The zero-order valence-electron chi connectivity index (χ0n) is 16.4. The Hall–Kier alpha value is -2.87. The van der Waals surface area contributed by atoms with E-state index in [1.165, 1.54) is 14.2 Å². The van der Waals surface area contributed by atoms with Gasteiger partial charge in [0, 0.05) is 23.4 Å². The van der Waals surface area contributed by atoms with E-state index in [2.05, 4.69) is 5.32 Å². The number of thioether (sulfide) groups is 1. The van der Waals surface area contributed by atoms with Crippen LogP contribution >= 0.6 is 11.8 Å². The van der Waals surface area contributed by atoms with E-state index in [9.17, 15) is 9.59 Å². The number of hydrogen-bond acceptors (Lipinski definition) is 6. The Balaban J connectivity index is 1.54. The maximum absolute atomic E-state index is 13.2. The largest absolute Gasteiger partial charge is 0.496 e. The number of nitrogens with zero attached hydrogens (tertiary/aromatic N) is 1. The zero-order chi connectivity index (χ0) is 20.5. The van der Waals surface area contributed by atoms with Crippen molar-refractivity contribution >= 4 is 23.6 Å². The fourth-order valence-electron chi connectivity index (χ4n) is 3.84. The van der Waals surface area contributed by atoms with Crippen LogP contribution in [0.5, 0.6) is 17.2 Å². The Kier molecular flexibility index (Phi) is 5.27. The summed E-state index contributed by atoms with van der Waals surface area (Å²) in [6, 6.07) is 10.7. The second-order valence-electron chi connectivity index (χ2n) is 6.71. The normalized spacial score (nSPS) is 19.6. The van der Waals surface area contributed by atoms with Gasteiger partial charge in [0.1, 0.15) is 17.2 Å². The average Bonchev–Trinajstić information content (AvgIpc) is 3.31. The molecule has 2 aromatic rings. The molecular weight excluding hydrogens is 392 g/mol. The highest BCUT2D eigenvalue weighted by atomic mass is 32.2. The molecule has 4 rings (SSSR count). The summed E-state index contributed by atoms with van der Waals surface area (Å²) >= 11 is 1.58. The SMILES string of the molecule is COc1ccccc1CNC(=O)[C@@H]1CS[C@@H]2c3ccc(OC)c(OC)c3C(=O)N21. The smallest absolute Gasteiger partial charge is 0.260 e.